The smallest absolute Gasteiger partial charge is 0.257 e. The Labute approximate surface area is 79.6 Å². The fourth-order valence-electron chi connectivity index (χ4n) is 1.01. The van der Waals surface area contributed by atoms with E-state index in [4.69, 9.17) is 5.14 Å². The van der Waals surface area contributed by atoms with E-state index in [1.165, 1.54) is 6.92 Å². The Balaban J connectivity index is 3.06. The molecule has 2 N–H and O–H groups in total. The van der Waals surface area contributed by atoms with Gasteiger partial charge < -0.3 is 0 Å². The van der Waals surface area contributed by atoms with E-state index >= 15 is 0 Å². The summed E-state index contributed by atoms with van der Waals surface area (Å²) < 4.78 is 46.5. The van der Waals surface area contributed by atoms with E-state index < -0.39 is 23.0 Å². The minimum Gasteiger partial charge on any atom is -0.265 e. The molecule has 1 rings (SSSR count). The summed E-state index contributed by atoms with van der Waals surface area (Å²) in [4.78, 5) is -0.224. The lowest BCUT2D eigenvalue weighted by atomic mass is 10.5. The second-order valence-electron chi connectivity index (χ2n) is 2.74. The average Bonchev–Trinajstić information content (AvgIpc) is 2.27. The molecule has 0 unspecified atom stereocenters. The van der Waals surface area contributed by atoms with Crippen molar-refractivity contribution in [3.63, 3.8) is 0 Å². The van der Waals surface area contributed by atoms with Crippen molar-refractivity contribution in [2.75, 3.05) is 0 Å². The monoisotopic (exact) mass is 225 g/mol. The average molecular weight is 225 g/mol. The molecule has 8 heteroatoms. The quantitative estimate of drug-likeness (QED) is 0.792. The molecule has 0 atom stereocenters. The number of halogens is 2. The number of hydrogen-bond donors (Lipinski definition) is 1. The normalized spacial score (nSPS) is 12.4. The molecule has 0 aliphatic rings. The SMILES string of the molecule is Cc1nn(CC(F)F)cc1S(N)(=O)=O. The number of nitrogens with zero attached hydrogens (tertiary/aromatic N) is 2. The topological polar surface area (TPSA) is 78.0 Å². The summed E-state index contributed by atoms with van der Waals surface area (Å²) in [5.74, 6) is 0. The van der Waals surface area contributed by atoms with Gasteiger partial charge in [0.25, 0.3) is 6.43 Å². The number of sulfonamides is 1. The van der Waals surface area contributed by atoms with Gasteiger partial charge in [0.15, 0.2) is 0 Å². The molecule has 0 saturated heterocycles. The third kappa shape index (κ3) is 2.48. The van der Waals surface area contributed by atoms with Crippen LogP contribution >= 0.6 is 0 Å². The number of rotatable bonds is 3. The van der Waals surface area contributed by atoms with Gasteiger partial charge in [-0.3, -0.25) is 4.68 Å². The van der Waals surface area contributed by atoms with Crippen LogP contribution in [0.15, 0.2) is 11.1 Å². The first-order chi connectivity index (χ1) is 6.30. The van der Waals surface area contributed by atoms with Crippen LogP contribution in [-0.2, 0) is 16.6 Å². The van der Waals surface area contributed by atoms with E-state index in [9.17, 15) is 17.2 Å². The summed E-state index contributed by atoms with van der Waals surface area (Å²) in [6, 6.07) is 0. The van der Waals surface area contributed by atoms with E-state index in [2.05, 4.69) is 5.10 Å². The second-order valence-corrected chi connectivity index (χ2v) is 4.27. The highest BCUT2D eigenvalue weighted by Gasteiger charge is 2.16. The van der Waals surface area contributed by atoms with Crippen molar-refractivity contribution in [3.8, 4) is 0 Å². The molecule has 1 aromatic rings. The van der Waals surface area contributed by atoms with Gasteiger partial charge in [-0.1, -0.05) is 0 Å². The van der Waals surface area contributed by atoms with Crippen molar-refractivity contribution in [2.24, 2.45) is 5.14 Å². The molecule has 0 spiro atoms. The van der Waals surface area contributed by atoms with Crippen LogP contribution in [0.1, 0.15) is 5.69 Å². The minimum absolute atomic E-state index is 0.119. The first-order valence-electron chi connectivity index (χ1n) is 3.65. The van der Waals surface area contributed by atoms with Gasteiger partial charge in [0, 0.05) is 6.20 Å². The lowest BCUT2D eigenvalue weighted by molar-refractivity contribution is 0.121. The Morgan fingerprint density at radius 3 is 2.57 bits per heavy atom. The third-order valence-corrected chi connectivity index (χ3v) is 2.55. The van der Waals surface area contributed by atoms with Gasteiger partial charge in [0.2, 0.25) is 10.0 Å². The van der Waals surface area contributed by atoms with Gasteiger partial charge >= 0.3 is 0 Å². The van der Waals surface area contributed by atoms with Crippen LogP contribution in [0, 0.1) is 6.92 Å². The van der Waals surface area contributed by atoms with Crippen molar-refractivity contribution >= 4 is 10.0 Å². The standard InChI is InChI=1S/C6H9F2N3O2S/c1-4-5(14(9,12)13)2-11(10-4)3-6(7)8/h2,6H,3H2,1H3,(H2,9,12,13). The molecule has 0 fully saturated rings. The van der Waals surface area contributed by atoms with Gasteiger partial charge in [-0.05, 0) is 6.92 Å². The maximum Gasteiger partial charge on any atom is 0.257 e. The first-order valence-corrected chi connectivity index (χ1v) is 5.20. The fraction of sp³-hybridized carbons (Fsp3) is 0.500. The lowest BCUT2D eigenvalue weighted by Gasteiger charge is -1.97. The number of aryl methyl sites for hydroxylation is 1. The lowest BCUT2D eigenvalue weighted by Crippen LogP contribution is -2.12. The first kappa shape index (κ1) is 11.1. The van der Waals surface area contributed by atoms with E-state index in [0.29, 0.717) is 0 Å². The molecule has 0 radical (unpaired) electrons. The van der Waals surface area contributed by atoms with E-state index in [1.807, 2.05) is 0 Å². The predicted molar refractivity (Wildman–Crippen MR) is 44.3 cm³/mol. The summed E-state index contributed by atoms with van der Waals surface area (Å²) in [5.41, 5.74) is 0.119. The maximum atomic E-state index is 11.9. The molecule has 0 aliphatic carbocycles. The molecule has 0 aromatic carbocycles. The Morgan fingerprint density at radius 2 is 2.21 bits per heavy atom. The number of hydrogen-bond acceptors (Lipinski definition) is 3. The highest BCUT2D eigenvalue weighted by atomic mass is 32.2. The Bertz CT molecular complexity index is 426. The van der Waals surface area contributed by atoms with Crippen molar-refractivity contribution < 1.29 is 17.2 Å². The number of primary sulfonamides is 1. The third-order valence-electron chi connectivity index (χ3n) is 1.53. The fourth-order valence-corrected chi connectivity index (χ4v) is 1.74. The zero-order valence-electron chi connectivity index (χ0n) is 7.31. The molecule has 0 aliphatic heterocycles. The summed E-state index contributed by atoms with van der Waals surface area (Å²) in [7, 11) is -3.88. The number of alkyl halides is 2. The van der Waals surface area contributed by atoms with Crippen molar-refractivity contribution in [2.45, 2.75) is 24.8 Å². The molecule has 0 amide bonds. The van der Waals surface area contributed by atoms with Crippen LogP contribution in [0.25, 0.3) is 0 Å². The number of aromatic nitrogens is 2. The highest BCUT2D eigenvalue weighted by molar-refractivity contribution is 7.89. The molecular weight excluding hydrogens is 216 g/mol. The Morgan fingerprint density at radius 1 is 1.64 bits per heavy atom. The van der Waals surface area contributed by atoms with Crippen molar-refractivity contribution in [1.82, 2.24) is 9.78 Å². The van der Waals surface area contributed by atoms with E-state index in [1.54, 1.807) is 0 Å². The van der Waals surface area contributed by atoms with Gasteiger partial charge in [-0.25, -0.2) is 22.3 Å². The second kappa shape index (κ2) is 3.62. The maximum absolute atomic E-state index is 11.9. The Hall–Kier alpha value is -1.02. The van der Waals surface area contributed by atoms with Crippen LogP contribution in [-0.4, -0.2) is 24.6 Å². The van der Waals surface area contributed by atoms with Gasteiger partial charge in [-0.2, -0.15) is 5.10 Å². The zero-order valence-corrected chi connectivity index (χ0v) is 8.13. The molecule has 5 nitrogen and oxygen atoms in total. The van der Waals surface area contributed by atoms with Gasteiger partial charge in [0.1, 0.15) is 11.4 Å². The van der Waals surface area contributed by atoms with Crippen LogP contribution < -0.4 is 5.14 Å². The zero-order chi connectivity index (χ0) is 10.9. The largest absolute Gasteiger partial charge is 0.265 e. The molecule has 80 valence electrons. The molecule has 0 bridgehead atoms. The summed E-state index contributed by atoms with van der Waals surface area (Å²) >= 11 is 0. The van der Waals surface area contributed by atoms with Crippen LogP contribution in [0.4, 0.5) is 8.78 Å². The minimum atomic E-state index is -3.88. The highest BCUT2D eigenvalue weighted by Crippen LogP contribution is 2.11. The molecule has 1 aromatic heterocycles. The van der Waals surface area contributed by atoms with Crippen LogP contribution in [0.5, 0.6) is 0 Å². The Kier molecular flexibility index (Phi) is 2.86. The number of nitrogens with two attached hydrogens (primary N) is 1. The van der Waals surface area contributed by atoms with Crippen LogP contribution in [0.3, 0.4) is 0 Å². The molecular formula is C6H9F2N3O2S. The summed E-state index contributed by atoms with van der Waals surface area (Å²) in [6.07, 6.45) is -1.58. The molecule has 1 heterocycles. The summed E-state index contributed by atoms with van der Waals surface area (Å²) in [6.45, 7) is 0.748. The van der Waals surface area contributed by atoms with Gasteiger partial charge in [0.05, 0.1) is 5.69 Å². The van der Waals surface area contributed by atoms with Crippen molar-refractivity contribution in [1.29, 1.82) is 0 Å². The molecule has 14 heavy (non-hydrogen) atoms. The van der Waals surface area contributed by atoms with Crippen molar-refractivity contribution in [3.05, 3.63) is 11.9 Å². The predicted octanol–water partition coefficient (Wildman–Crippen LogP) is 0.104. The van der Waals surface area contributed by atoms with Gasteiger partial charge in [-0.15, -0.1) is 0 Å². The summed E-state index contributed by atoms with van der Waals surface area (Å²) in [5, 5.41) is 8.43. The molecule has 0 saturated carbocycles. The van der Waals surface area contributed by atoms with E-state index in [-0.39, 0.29) is 10.6 Å². The van der Waals surface area contributed by atoms with Crippen LogP contribution in [0.2, 0.25) is 0 Å². The van der Waals surface area contributed by atoms with E-state index in [0.717, 1.165) is 10.9 Å².